The fourth-order valence-electron chi connectivity index (χ4n) is 1.49. The van der Waals surface area contributed by atoms with Gasteiger partial charge in [-0.15, -0.1) is 0 Å². The maximum Gasteiger partial charge on any atom is 0.668 e. The second-order valence-electron chi connectivity index (χ2n) is 4.45. The molecule has 0 aliphatic rings. The van der Waals surface area contributed by atoms with E-state index in [0.717, 1.165) is 18.5 Å². The molecule has 0 aromatic rings. The van der Waals surface area contributed by atoms with Crippen molar-refractivity contribution in [2.75, 3.05) is 27.9 Å². The van der Waals surface area contributed by atoms with Crippen molar-refractivity contribution in [2.24, 2.45) is 0 Å². The van der Waals surface area contributed by atoms with Gasteiger partial charge in [-0.05, 0) is 25.6 Å². The molecule has 6 nitrogen and oxygen atoms in total. The zero-order valence-electron chi connectivity index (χ0n) is 12.4. The number of carbonyl (C=O) groups is 1. The quantitative estimate of drug-likeness (QED) is 0.265. The van der Waals surface area contributed by atoms with Crippen LogP contribution in [0, 0.1) is 0 Å². The van der Waals surface area contributed by atoms with Crippen molar-refractivity contribution in [1.82, 2.24) is 0 Å². The van der Waals surface area contributed by atoms with Crippen LogP contribution in [0.5, 0.6) is 0 Å². The summed E-state index contributed by atoms with van der Waals surface area (Å²) in [6, 6.07) is 0.808. The predicted octanol–water partition coefficient (Wildman–Crippen LogP) is 1.70. The number of ether oxygens (including phenoxy) is 1. The molecule has 0 fully saturated rings. The molecule has 0 saturated heterocycles. The third-order valence-corrected chi connectivity index (χ3v) is 8.75. The highest BCUT2D eigenvalue weighted by atomic mass is 28.5. The lowest BCUT2D eigenvalue weighted by Gasteiger charge is -2.32. The minimum Gasteiger partial charge on any atom is -0.463 e. The van der Waals surface area contributed by atoms with Crippen LogP contribution in [-0.2, 0) is 26.9 Å². The summed E-state index contributed by atoms with van der Waals surface area (Å²) in [6.45, 7) is 7.77. The Hall–Kier alpha value is -0.516. The molecule has 8 heteroatoms. The number of hydrogen-bond acceptors (Lipinski definition) is 6. The van der Waals surface area contributed by atoms with Crippen LogP contribution in [0.4, 0.5) is 0 Å². The molecule has 0 aromatic heterocycles. The summed E-state index contributed by atoms with van der Waals surface area (Å²) in [6.07, 6.45) is 1.87. The number of rotatable bonds is 10. The molecule has 0 heterocycles. The van der Waals surface area contributed by atoms with E-state index in [0.29, 0.717) is 6.61 Å². The minimum atomic E-state index is -3.00. The summed E-state index contributed by atoms with van der Waals surface area (Å²) in [5.74, 6) is -0.408. The Bertz CT molecular complexity index is 283. The van der Waals surface area contributed by atoms with Crippen LogP contribution in [0.25, 0.3) is 0 Å². The minimum absolute atomic E-state index is 0.353. The first-order valence-corrected chi connectivity index (χ1v) is 10.7. The predicted molar refractivity (Wildman–Crippen MR) is 75.9 cm³/mol. The molecule has 0 rings (SSSR count). The Kier molecular flexibility index (Phi) is 8.38. The van der Waals surface area contributed by atoms with Gasteiger partial charge in [-0.3, -0.25) is 0 Å². The molecule has 0 radical (unpaired) electrons. The first-order valence-electron chi connectivity index (χ1n) is 5.99. The van der Waals surface area contributed by atoms with Crippen molar-refractivity contribution >= 4 is 23.3 Å². The number of hydrogen-bond donors (Lipinski definition) is 0. The van der Waals surface area contributed by atoms with Crippen LogP contribution in [0.1, 0.15) is 6.42 Å². The van der Waals surface area contributed by atoms with Crippen LogP contribution >= 0.6 is 0 Å². The van der Waals surface area contributed by atoms with Crippen LogP contribution in [0.3, 0.4) is 0 Å². The molecule has 0 aromatic carbocycles. The van der Waals surface area contributed by atoms with Gasteiger partial charge >= 0.3 is 15.0 Å². The van der Waals surface area contributed by atoms with Gasteiger partial charge in [-0.25, -0.2) is 4.79 Å². The van der Waals surface area contributed by atoms with E-state index >= 15 is 0 Å². The Labute approximate surface area is 117 Å². The summed E-state index contributed by atoms with van der Waals surface area (Å²) in [4.78, 5) is 10.9. The SMILES string of the molecule is C=CC(=O)OCCC[Si](C)(C)O[Si](OC)(OC)OC. The van der Waals surface area contributed by atoms with Gasteiger partial charge < -0.3 is 22.1 Å². The molecule has 0 bridgehead atoms. The number of esters is 1. The second kappa shape index (κ2) is 8.61. The average Bonchev–Trinajstić information content (AvgIpc) is 2.40. The fraction of sp³-hybridized carbons (Fsp3) is 0.727. The van der Waals surface area contributed by atoms with Crippen LogP contribution in [-0.4, -0.2) is 51.3 Å². The second-order valence-corrected chi connectivity index (χ2v) is 11.5. The van der Waals surface area contributed by atoms with Gasteiger partial charge in [0.2, 0.25) is 0 Å². The van der Waals surface area contributed by atoms with Crippen molar-refractivity contribution in [3.63, 3.8) is 0 Å². The van der Waals surface area contributed by atoms with Crippen molar-refractivity contribution in [1.29, 1.82) is 0 Å². The first kappa shape index (κ1) is 18.5. The Balaban J connectivity index is 4.23. The zero-order chi connectivity index (χ0) is 14.9. The topological polar surface area (TPSA) is 63.2 Å². The van der Waals surface area contributed by atoms with Crippen molar-refractivity contribution in [3.05, 3.63) is 12.7 Å². The monoisotopic (exact) mass is 308 g/mol. The lowest BCUT2D eigenvalue weighted by atomic mass is 10.5. The van der Waals surface area contributed by atoms with E-state index in [9.17, 15) is 4.79 Å². The summed E-state index contributed by atoms with van der Waals surface area (Å²) in [5.41, 5.74) is 0. The maximum atomic E-state index is 10.9. The Morgan fingerprint density at radius 2 is 1.68 bits per heavy atom. The maximum absolute atomic E-state index is 10.9. The summed E-state index contributed by atoms with van der Waals surface area (Å²) in [7, 11) is -0.490. The van der Waals surface area contributed by atoms with Gasteiger partial charge in [0, 0.05) is 27.4 Å². The molecule has 0 atom stereocenters. The lowest BCUT2D eigenvalue weighted by Crippen LogP contribution is -2.54. The smallest absolute Gasteiger partial charge is 0.463 e. The summed E-state index contributed by atoms with van der Waals surface area (Å²) < 4.78 is 26.6. The highest BCUT2D eigenvalue weighted by Gasteiger charge is 2.47. The van der Waals surface area contributed by atoms with Crippen molar-refractivity contribution in [3.8, 4) is 0 Å². The standard InChI is InChI=1S/C11H24O6Si2/c1-7-11(12)16-9-8-10-18(5,6)17-19(13-2,14-3)15-4/h7H,1,8-10H2,2-6H3. The molecule has 0 unspecified atom stereocenters. The molecular formula is C11H24O6Si2. The van der Waals surface area contributed by atoms with Crippen LogP contribution < -0.4 is 0 Å². The van der Waals surface area contributed by atoms with Gasteiger partial charge in [-0.2, -0.15) is 0 Å². The van der Waals surface area contributed by atoms with Gasteiger partial charge in [0.05, 0.1) is 6.61 Å². The Morgan fingerprint density at radius 1 is 1.16 bits per heavy atom. The van der Waals surface area contributed by atoms with E-state index in [2.05, 4.69) is 6.58 Å². The van der Waals surface area contributed by atoms with Crippen LogP contribution in [0.15, 0.2) is 12.7 Å². The van der Waals surface area contributed by atoms with Gasteiger partial charge in [0.1, 0.15) is 0 Å². The molecule has 0 aliphatic heterocycles. The fourth-order valence-corrected chi connectivity index (χ4v) is 7.11. The molecule has 19 heavy (non-hydrogen) atoms. The van der Waals surface area contributed by atoms with E-state index in [1.807, 2.05) is 13.1 Å². The van der Waals surface area contributed by atoms with Crippen molar-refractivity contribution in [2.45, 2.75) is 25.6 Å². The first-order chi connectivity index (χ1) is 8.84. The summed E-state index contributed by atoms with van der Waals surface area (Å²) in [5, 5.41) is 0. The van der Waals surface area contributed by atoms with E-state index in [4.69, 9.17) is 22.1 Å². The van der Waals surface area contributed by atoms with E-state index in [-0.39, 0.29) is 0 Å². The van der Waals surface area contributed by atoms with E-state index in [1.54, 1.807) is 0 Å². The van der Waals surface area contributed by atoms with Crippen molar-refractivity contribution < 1.29 is 26.9 Å². The largest absolute Gasteiger partial charge is 0.668 e. The van der Waals surface area contributed by atoms with E-state index < -0.39 is 23.3 Å². The Morgan fingerprint density at radius 3 is 2.11 bits per heavy atom. The number of carbonyl (C=O) groups excluding carboxylic acids is 1. The third kappa shape index (κ3) is 6.99. The third-order valence-electron chi connectivity index (χ3n) is 2.49. The molecule has 0 aliphatic carbocycles. The van der Waals surface area contributed by atoms with E-state index in [1.165, 1.54) is 21.3 Å². The molecule has 0 N–H and O–H groups in total. The van der Waals surface area contributed by atoms with Gasteiger partial charge in [0.25, 0.3) is 0 Å². The highest BCUT2D eigenvalue weighted by molar-refractivity contribution is 6.78. The molecular weight excluding hydrogens is 284 g/mol. The molecule has 0 amide bonds. The lowest BCUT2D eigenvalue weighted by molar-refractivity contribution is -0.137. The summed E-state index contributed by atoms with van der Waals surface area (Å²) >= 11 is 0. The highest BCUT2D eigenvalue weighted by Crippen LogP contribution is 2.21. The molecule has 112 valence electrons. The average molecular weight is 308 g/mol. The molecule has 0 saturated carbocycles. The normalized spacial score (nSPS) is 12.3. The van der Waals surface area contributed by atoms with Gasteiger partial charge in [-0.1, -0.05) is 6.58 Å². The zero-order valence-corrected chi connectivity index (χ0v) is 14.4. The molecule has 0 spiro atoms. The van der Waals surface area contributed by atoms with Crippen LogP contribution in [0.2, 0.25) is 19.1 Å². The van der Waals surface area contributed by atoms with Gasteiger partial charge in [0.15, 0.2) is 8.32 Å².